The van der Waals surface area contributed by atoms with Gasteiger partial charge in [0.25, 0.3) is 0 Å². The van der Waals surface area contributed by atoms with Crippen molar-refractivity contribution in [1.82, 2.24) is 4.90 Å². The van der Waals surface area contributed by atoms with Crippen LogP contribution in [0.1, 0.15) is 139 Å². The molecule has 75 heavy (non-hydrogen) atoms. The number of hydrogen-bond donors (Lipinski definition) is 2. The van der Waals surface area contributed by atoms with Crippen molar-refractivity contribution in [3.05, 3.63) is 150 Å². The van der Waals surface area contributed by atoms with Crippen LogP contribution in [0.4, 0.5) is 0 Å². The van der Waals surface area contributed by atoms with Crippen molar-refractivity contribution in [1.29, 1.82) is 0 Å². The fourth-order valence-corrected chi connectivity index (χ4v) is 12.2. The summed E-state index contributed by atoms with van der Waals surface area (Å²) in [5, 5.41) is 27.6. The first-order valence-electron chi connectivity index (χ1n) is 28.0. The normalized spacial score (nSPS) is 21.7. The average molecular weight is 1020 g/mol. The van der Waals surface area contributed by atoms with Gasteiger partial charge >= 0.3 is 0 Å². The fraction of sp³-hybridized carbons (Fsp3) is 0.469. The second-order valence-corrected chi connectivity index (χ2v) is 20.9. The molecular formula is C64H78N2O9. The number of amides is 1. The van der Waals surface area contributed by atoms with E-state index in [1.165, 1.54) is 38.5 Å². The van der Waals surface area contributed by atoms with Crippen molar-refractivity contribution in [3.8, 4) is 28.7 Å². The van der Waals surface area contributed by atoms with Crippen LogP contribution in [0.3, 0.4) is 0 Å². The molecule has 11 nitrogen and oxygen atoms in total. The van der Waals surface area contributed by atoms with Gasteiger partial charge in [0.15, 0.2) is 11.5 Å². The molecule has 398 valence electrons. The summed E-state index contributed by atoms with van der Waals surface area (Å²) in [6.07, 6.45) is 19.8. The smallest absolute Gasteiger partial charge is 0.239 e. The van der Waals surface area contributed by atoms with E-state index in [0.29, 0.717) is 48.7 Å². The number of unbranched alkanes of at least 4 members (excludes halogenated alkanes) is 10. The maximum atomic E-state index is 15.5. The number of carbonyl (C=O) groups excluding carboxylic acids is 1. The van der Waals surface area contributed by atoms with Crippen LogP contribution >= 0.6 is 0 Å². The topological polar surface area (TPSA) is 129 Å². The molecule has 1 amide bonds. The zero-order chi connectivity index (χ0) is 51.8. The first kappa shape index (κ1) is 53.7. The van der Waals surface area contributed by atoms with Gasteiger partial charge in [-0.25, -0.2) is 0 Å². The number of fused-ring (bicyclic) bond motifs is 4. The Morgan fingerprint density at radius 3 is 2.24 bits per heavy atom. The van der Waals surface area contributed by atoms with E-state index in [2.05, 4.69) is 49.9 Å². The molecule has 1 fully saturated rings. The van der Waals surface area contributed by atoms with Gasteiger partial charge < -0.3 is 43.6 Å². The van der Waals surface area contributed by atoms with Crippen molar-refractivity contribution in [2.45, 2.75) is 147 Å². The van der Waals surface area contributed by atoms with Gasteiger partial charge in [-0.3, -0.25) is 4.79 Å². The SMILES string of the molecule is C=CCO[C@@]12Oc3ccc(Oc4ccc5ccccc5c4)cc3[C@H]3[C@H](CCCCO)[C@@H](CCCCO)C=C(C(=NOCc4ccccc4)C[C@@H]1N(Cc1ccc4c(c1)OCO4)C(=O)CCCCCCCCCCC)[C@H]32. The van der Waals surface area contributed by atoms with Crippen LogP contribution in [0.5, 0.6) is 28.7 Å². The Kier molecular flexibility index (Phi) is 19.0. The molecule has 5 aromatic rings. The number of benzene rings is 5. The maximum Gasteiger partial charge on any atom is 0.239 e. The summed E-state index contributed by atoms with van der Waals surface area (Å²) >= 11 is 0. The molecule has 0 saturated heterocycles. The third-order valence-corrected chi connectivity index (χ3v) is 15.8. The number of carbonyl (C=O) groups is 1. The number of rotatable bonds is 29. The highest BCUT2D eigenvalue weighted by atomic mass is 16.7. The zero-order valence-corrected chi connectivity index (χ0v) is 44.1. The molecule has 0 spiro atoms. The van der Waals surface area contributed by atoms with E-state index in [9.17, 15) is 10.2 Å². The molecule has 0 aromatic heterocycles. The van der Waals surface area contributed by atoms with E-state index >= 15 is 4.79 Å². The molecule has 4 aliphatic rings. The van der Waals surface area contributed by atoms with Crippen LogP contribution in [0.25, 0.3) is 10.8 Å². The van der Waals surface area contributed by atoms with Gasteiger partial charge in [0.05, 0.1) is 18.2 Å². The Labute approximate surface area is 444 Å². The Morgan fingerprint density at radius 2 is 1.45 bits per heavy atom. The van der Waals surface area contributed by atoms with Crippen LogP contribution in [-0.4, -0.2) is 65.2 Å². The van der Waals surface area contributed by atoms with E-state index in [1.54, 1.807) is 6.08 Å². The molecule has 2 aliphatic carbocycles. The standard InChI is InChI=1S/C64H78N2O9/c1-3-5-6-7-8-9-10-11-15-28-61(69)66(43-47-29-33-58-59(38-47)71-45-70-58)60-42-56(65-73-44-46-22-13-12-14-23-46)54-40-50(26-18-20-35-67)53(27-19-21-36-68)62-55-41-52(74-51-31-30-48-24-16-17-25-49(48)39-51)32-34-57(55)75-64(60,63(54)62)72-37-4-2/h4,12-14,16-17,22-25,29-34,38-41,50,53,60,62-63,67-68H,2-3,5-11,15,18-21,26-28,35-37,42-45H2,1H3/t50-,53+,60-,62+,63+,64+/m0/s1. The van der Waals surface area contributed by atoms with Crippen LogP contribution in [0.15, 0.2) is 139 Å². The Morgan fingerprint density at radius 1 is 0.747 bits per heavy atom. The average Bonchev–Trinajstić information content (AvgIpc) is 3.91. The minimum absolute atomic E-state index is 0.0152. The first-order valence-corrected chi connectivity index (χ1v) is 28.0. The van der Waals surface area contributed by atoms with Crippen molar-refractivity contribution < 1.29 is 43.5 Å². The number of nitrogens with zero attached hydrogens (tertiary/aromatic N) is 2. The van der Waals surface area contributed by atoms with E-state index in [0.717, 1.165) is 89.4 Å². The summed E-state index contributed by atoms with van der Waals surface area (Å²) < 4.78 is 33.4. The van der Waals surface area contributed by atoms with Gasteiger partial charge in [-0.15, -0.1) is 6.58 Å². The number of allylic oxidation sites excluding steroid dienone is 1. The van der Waals surface area contributed by atoms with E-state index in [4.69, 9.17) is 33.7 Å². The van der Waals surface area contributed by atoms with Gasteiger partial charge in [-0.05, 0) is 114 Å². The van der Waals surface area contributed by atoms with Gasteiger partial charge in [-0.1, -0.05) is 155 Å². The van der Waals surface area contributed by atoms with Gasteiger partial charge in [-0.2, -0.15) is 0 Å². The first-order chi connectivity index (χ1) is 36.9. The maximum absolute atomic E-state index is 15.5. The van der Waals surface area contributed by atoms with E-state index in [-0.39, 0.29) is 63.4 Å². The Bertz CT molecular complexity index is 2720. The summed E-state index contributed by atoms with van der Waals surface area (Å²) in [7, 11) is 0. The van der Waals surface area contributed by atoms with Crippen molar-refractivity contribution in [3.63, 3.8) is 0 Å². The van der Waals surface area contributed by atoms with E-state index in [1.807, 2.05) is 83.8 Å². The molecule has 6 atom stereocenters. The third kappa shape index (κ3) is 12.9. The summed E-state index contributed by atoms with van der Waals surface area (Å²) in [5.74, 6) is 1.48. The molecule has 2 N–H and O–H groups in total. The van der Waals surface area contributed by atoms with Crippen LogP contribution in [0, 0.1) is 17.8 Å². The number of ether oxygens (including phenoxy) is 5. The number of oxime groups is 1. The summed E-state index contributed by atoms with van der Waals surface area (Å²) in [6.45, 7) is 7.46. The lowest BCUT2D eigenvalue weighted by atomic mass is 9.55. The second kappa shape index (κ2) is 26.6. The second-order valence-electron chi connectivity index (χ2n) is 20.9. The Balaban J connectivity index is 1.18. The highest BCUT2D eigenvalue weighted by molar-refractivity contribution is 6.03. The Hall–Kier alpha value is -6.14. The molecule has 2 heterocycles. The zero-order valence-electron chi connectivity index (χ0n) is 44.1. The third-order valence-electron chi connectivity index (χ3n) is 15.8. The summed E-state index contributed by atoms with van der Waals surface area (Å²) in [6, 6.07) is 35.8. The molecule has 11 heteroatoms. The molecule has 5 aromatic carbocycles. The predicted octanol–water partition coefficient (Wildman–Crippen LogP) is 14.1. The minimum Gasteiger partial charge on any atom is -0.459 e. The molecule has 0 unspecified atom stereocenters. The lowest BCUT2D eigenvalue weighted by Gasteiger charge is -2.60. The van der Waals surface area contributed by atoms with Crippen molar-refractivity contribution >= 4 is 22.4 Å². The van der Waals surface area contributed by atoms with Crippen LogP contribution < -0.4 is 18.9 Å². The fourth-order valence-electron chi connectivity index (χ4n) is 12.2. The largest absolute Gasteiger partial charge is 0.459 e. The molecule has 9 rings (SSSR count). The summed E-state index contributed by atoms with van der Waals surface area (Å²) in [4.78, 5) is 23.9. The molecular weight excluding hydrogens is 941 g/mol. The lowest BCUT2D eigenvalue weighted by Crippen LogP contribution is -2.70. The van der Waals surface area contributed by atoms with Gasteiger partial charge in [0.2, 0.25) is 18.5 Å². The predicted molar refractivity (Wildman–Crippen MR) is 295 cm³/mol. The number of hydrogen-bond acceptors (Lipinski definition) is 10. The highest BCUT2D eigenvalue weighted by Crippen LogP contribution is 2.62. The van der Waals surface area contributed by atoms with Crippen LogP contribution in [-0.2, 0) is 27.5 Å². The number of aliphatic hydroxyl groups excluding tert-OH is 2. The van der Waals surface area contributed by atoms with Crippen LogP contribution in [0.2, 0.25) is 0 Å². The monoisotopic (exact) mass is 1020 g/mol. The highest BCUT2D eigenvalue weighted by Gasteiger charge is 2.65. The van der Waals surface area contributed by atoms with E-state index < -0.39 is 17.7 Å². The molecule has 0 radical (unpaired) electrons. The van der Waals surface area contributed by atoms with Crippen molar-refractivity contribution in [2.24, 2.45) is 22.9 Å². The lowest BCUT2D eigenvalue weighted by molar-refractivity contribution is -0.258. The van der Waals surface area contributed by atoms with Crippen molar-refractivity contribution in [2.75, 3.05) is 26.6 Å². The summed E-state index contributed by atoms with van der Waals surface area (Å²) in [5.41, 5.74) is 4.63. The van der Waals surface area contributed by atoms with Gasteiger partial charge in [0.1, 0.15) is 29.9 Å². The molecule has 0 bridgehead atoms. The number of aliphatic hydroxyl groups is 2. The minimum atomic E-state index is -1.41. The molecule has 1 saturated carbocycles. The quantitative estimate of drug-likeness (QED) is 0.0273. The van der Waals surface area contributed by atoms with Gasteiger partial charge in [0, 0.05) is 44.1 Å². The molecule has 2 aliphatic heterocycles.